The van der Waals surface area contributed by atoms with Gasteiger partial charge in [0.25, 0.3) is 5.91 Å². The number of fused-ring (bicyclic) bond motifs is 1. The fourth-order valence-electron chi connectivity index (χ4n) is 8.38. The van der Waals surface area contributed by atoms with Crippen molar-refractivity contribution in [3.8, 4) is 0 Å². The Morgan fingerprint density at radius 2 is 1.49 bits per heavy atom. The van der Waals surface area contributed by atoms with Crippen LogP contribution >= 0.6 is 0 Å². The van der Waals surface area contributed by atoms with Crippen LogP contribution < -0.4 is 14.7 Å². The van der Waals surface area contributed by atoms with Crippen LogP contribution in [-0.4, -0.2) is 83.8 Å². The van der Waals surface area contributed by atoms with Gasteiger partial charge in [-0.1, -0.05) is 44.2 Å². The van der Waals surface area contributed by atoms with Crippen LogP contribution in [0.4, 0.5) is 17.1 Å². The second-order valence-corrected chi connectivity index (χ2v) is 12.8. The second-order valence-electron chi connectivity index (χ2n) is 12.8. The number of carbonyl (C=O) groups is 3. The van der Waals surface area contributed by atoms with Gasteiger partial charge in [0.2, 0.25) is 11.8 Å². The van der Waals surface area contributed by atoms with Gasteiger partial charge in [0.1, 0.15) is 11.6 Å². The molecule has 3 aliphatic heterocycles. The van der Waals surface area contributed by atoms with Crippen LogP contribution in [0.3, 0.4) is 0 Å². The van der Waals surface area contributed by atoms with E-state index in [0.29, 0.717) is 37.1 Å². The summed E-state index contributed by atoms with van der Waals surface area (Å²) in [5.41, 5.74) is 0.332. The topological polar surface area (TPSA) is 93.6 Å². The Labute approximate surface area is 279 Å². The quantitative estimate of drug-likeness (QED) is 0.269. The summed E-state index contributed by atoms with van der Waals surface area (Å²) in [5, 5.41) is 10.5. The molecule has 1 N–H and O–H groups in total. The summed E-state index contributed by atoms with van der Waals surface area (Å²) in [6, 6.07) is 15.6. The van der Waals surface area contributed by atoms with Crippen LogP contribution in [0.15, 0.2) is 79.9 Å². The molecule has 3 fully saturated rings. The van der Waals surface area contributed by atoms with Crippen molar-refractivity contribution in [3.63, 3.8) is 0 Å². The number of rotatable bonds is 15. The molecule has 2 unspecified atom stereocenters. The molecule has 3 saturated heterocycles. The maximum atomic E-state index is 15.0. The molecule has 5 rings (SSSR count). The van der Waals surface area contributed by atoms with Crippen LogP contribution in [0.1, 0.15) is 53.4 Å². The summed E-state index contributed by atoms with van der Waals surface area (Å²) in [7, 11) is 0. The zero-order valence-electron chi connectivity index (χ0n) is 28.3. The number of carbonyl (C=O) groups excluding carboxylic acids is 3. The van der Waals surface area contributed by atoms with E-state index in [-0.39, 0.29) is 37.4 Å². The van der Waals surface area contributed by atoms with E-state index in [2.05, 4.69) is 31.9 Å². The van der Waals surface area contributed by atoms with Gasteiger partial charge in [-0.05, 0) is 75.9 Å². The highest BCUT2D eigenvalue weighted by Gasteiger charge is 2.79. The maximum Gasteiger partial charge on any atom is 0.253 e. The number of hydrogen-bond acceptors (Lipinski definition) is 6. The lowest BCUT2D eigenvalue weighted by atomic mass is 9.64. The fraction of sp³-hybridized carbons (Fsp3) is 0.500. The molecular weight excluding hydrogens is 592 g/mol. The Kier molecular flexibility index (Phi) is 10.3. The summed E-state index contributed by atoms with van der Waals surface area (Å²) in [4.78, 5) is 51.6. The third-order valence-electron chi connectivity index (χ3n) is 10.7. The highest BCUT2D eigenvalue weighted by Crippen LogP contribution is 2.65. The van der Waals surface area contributed by atoms with E-state index in [4.69, 9.17) is 4.74 Å². The molecule has 252 valence electrons. The minimum Gasteiger partial charge on any atom is -0.394 e. The zero-order valence-corrected chi connectivity index (χ0v) is 28.3. The molecule has 0 radical (unpaired) electrons. The van der Waals surface area contributed by atoms with E-state index in [1.54, 1.807) is 26.9 Å². The Morgan fingerprint density at radius 3 is 2.02 bits per heavy atom. The Bertz CT molecular complexity index is 1460. The van der Waals surface area contributed by atoms with Crippen LogP contribution in [0.25, 0.3) is 0 Å². The van der Waals surface area contributed by atoms with Gasteiger partial charge in [-0.15, -0.1) is 13.2 Å². The van der Waals surface area contributed by atoms with Crippen molar-refractivity contribution in [1.29, 1.82) is 0 Å². The molecule has 0 saturated carbocycles. The molecule has 3 amide bonds. The number of benzene rings is 2. The predicted octanol–water partition coefficient (Wildman–Crippen LogP) is 5.20. The lowest BCUT2D eigenvalue weighted by Crippen LogP contribution is -2.59. The first-order valence-electron chi connectivity index (χ1n) is 17.1. The van der Waals surface area contributed by atoms with Crippen molar-refractivity contribution in [2.75, 3.05) is 47.5 Å². The van der Waals surface area contributed by atoms with E-state index in [0.717, 1.165) is 18.8 Å². The molecular formula is C38H50N4O5. The van der Waals surface area contributed by atoms with E-state index in [9.17, 15) is 14.7 Å². The fourth-order valence-corrected chi connectivity index (χ4v) is 8.38. The van der Waals surface area contributed by atoms with Gasteiger partial charge in [0, 0.05) is 43.2 Å². The number of anilines is 3. The molecule has 6 atom stereocenters. The van der Waals surface area contributed by atoms with Crippen LogP contribution in [0.2, 0.25) is 0 Å². The van der Waals surface area contributed by atoms with Gasteiger partial charge in [0.15, 0.2) is 0 Å². The first-order chi connectivity index (χ1) is 22.7. The molecule has 47 heavy (non-hydrogen) atoms. The first kappa shape index (κ1) is 34.4. The van der Waals surface area contributed by atoms with Crippen molar-refractivity contribution in [1.82, 2.24) is 4.90 Å². The number of likely N-dealkylation sites (tertiary alicyclic amines) is 1. The first-order valence-corrected chi connectivity index (χ1v) is 17.1. The van der Waals surface area contributed by atoms with Crippen molar-refractivity contribution in [2.45, 2.75) is 76.7 Å². The second kappa shape index (κ2) is 14.0. The summed E-state index contributed by atoms with van der Waals surface area (Å²) in [6.45, 7) is 17.8. The van der Waals surface area contributed by atoms with Gasteiger partial charge in [-0.3, -0.25) is 14.4 Å². The molecule has 9 heteroatoms. The number of hydrogen-bond donors (Lipinski definition) is 1. The van der Waals surface area contributed by atoms with Crippen molar-refractivity contribution in [3.05, 3.63) is 79.9 Å². The lowest BCUT2D eigenvalue weighted by Gasteiger charge is -2.39. The highest BCUT2D eigenvalue weighted by molar-refractivity contribution is 6.07. The Hall–Kier alpha value is -3.95. The molecule has 1 spiro atoms. The highest BCUT2D eigenvalue weighted by atomic mass is 16.5. The molecule has 0 aliphatic carbocycles. The molecule has 2 aromatic rings. The standard InChI is InChI=1S/C38H50N4O5/c1-7-24-40(29-16-14-13-15-17-29)34(44)31-32-35(45)42(27(9-3)26-43)33(38(32)23-22-37(31,10-4)47-38)36(46)41(25-8-2)30-20-18-28(19-21-30)39(11-5)12-6/h7-8,13-21,27,31-33,43H,1-2,9-12,22-26H2,3-6H3/t27-,31+,32-,33?,37-,38?/m0/s1. The van der Waals surface area contributed by atoms with E-state index in [1.165, 1.54) is 0 Å². The summed E-state index contributed by atoms with van der Waals surface area (Å²) < 4.78 is 7.04. The largest absolute Gasteiger partial charge is 0.394 e. The molecule has 2 aromatic carbocycles. The van der Waals surface area contributed by atoms with Crippen LogP contribution in [0, 0.1) is 11.8 Å². The summed E-state index contributed by atoms with van der Waals surface area (Å²) in [6.07, 6.45) is 5.33. The van der Waals surface area contributed by atoms with E-state index in [1.807, 2.05) is 68.4 Å². The van der Waals surface area contributed by atoms with Crippen molar-refractivity contribution in [2.24, 2.45) is 11.8 Å². The average Bonchev–Trinajstić information content (AvgIpc) is 3.71. The van der Waals surface area contributed by atoms with Crippen LogP contribution in [0.5, 0.6) is 0 Å². The predicted molar refractivity (Wildman–Crippen MR) is 186 cm³/mol. The monoisotopic (exact) mass is 642 g/mol. The van der Waals surface area contributed by atoms with Crippen LogP contribution in [-0.2, 0) is 19.1 Å². The summed E-state index contributed by atoms with van der Waals surface area (Å²) in [5.74, 6) is -2.48. The number of amides is 3. The SMILES string of the molecule is C=CCN(C(=O)C1N([C@@H](CC)CO)C(=O)[C@@H]2[C@H](C(=O)N(CC=C)c3ccccc3)[C@]3(CC)CCC12O3)c1ccc(N(CC)CC)cc1. The number of para-hydroxylation sites is 1. The number of ether oxygens (including phenoxy) is 1. The molecule has 2 bridgehead atoms. The van der Waals surface area contributed by atoms with Gasteiger partial charge in [0.05, 0.1) is 30.1 Å². The zero-order chi connectivity index (χ0) is 33.9. The Balaban J connectivity index is 1.61. The number of aliphatic hydroxyl groups is 1. The average molecular weight is 643 g/mol. The van der Waals surface area contributed by atoms with Gasteiger partial charge < -0.3 is 29.4 Å². The lowest BCUT2D eigenvalue weighted by molar-refractivity contribution is -0.149. The summed E-state index contributed by atoms with van der Waals surface area (Å²) >= 11 is 0. The molecule has 9 nitrogen and oxygen atoms in total. The third kappa shape index (κ3) is 5.57. The molecule has 3 heterocycles. The third-order valence-corrected chi connectivity index (χ3v) is 10.7. The Morgan fingerprint density at radius 1 is 0.915 bits per heavy atom. The normalized spacial score (nSPS) is 26.5. The number of aliphatic hydroxyl groups excluding tert-OH is 1. The van der Waals surface area contributed by atoms with Gasteiger partial charge >= 0.3 is 0 Å². The smallest absolute Gasteiger partial charge is 0.253 e. The van der Waals surface area contributed by atoms with E-state index >= 15 is 4.79 Å². The van der Waals surface area contributed by atoms with Gasteiger partial charge in [-0.2, -0.15) is 0 Å². The molecule has 3 aliphatic rings. The maximum absolute atomic E-state index is 15.0. The minimum atomic E-state index is -1.22. The molecule has 0 aromatic heterocycles. The van der Waals surface area contributed by atoms with Gasteiger partial charge in [-0.25, -0.2) is 0 Å². The number of nitrogens with zero attached hydrogens (tertiary/aromatic N) is 4. The van der Waals surface area contributed by atoms with Crippen molar-refractivity contribution < 1.29 is 24.2 Å². The van der Waals surface area contributed by atoms with Crippen molar-refractivity contribution >= 4 is 34.8 Å². The van der Waals surface area contributed by atoms with E-state index < -0.39 is 35.1 Å². The minimum absolute atomic E-state index is 0.210.